The number of amides is 1. The molecule has 0 bridgehead atoms. The minimum Gasteiger partial charge on any atom is -0.339 e. The summed E-state index contributed by atoms with van der Waals surface area (Å²) in [7, 11) is 0. The first-order chi connectivity index (χ1) is 15.4. The number of nitrogens with one attached hydrogen (secondary N) is 1. The average molecular weight is 438 g/mol. The van der Waals surface area contributed by atoms with Crippen LogP contribution in [0, 0.1) is 5.82 Å². The third-order valence-electron chi connectivity index (χ3n) is 6.87. The van der Waals surface area contributed by atoms with Crippen molar-refractivity contribution in [1.29, 1.82) is 0 Å². The van der Waals surface area contributed by atoms with Crippen LogP contribution in [0.4, 0.5) is 4.39 Å². The van der Waals surface area contributed by atoms with Crippen LogP contribution in [0.3, 0.4) is 0 Å². The first-order valence-corrected chi connectivity index (χ1v) is 11.3. The van der Waals surface area contributed by atoms with Gasteiger partial charge in [-0.2, -0.15) is 0 Å². The summed E-state index contributed by atoms with van der Waals surface area (Å²) in [6, 6.07) is 8.47. The van der Waals surface area contributed by atoms with E-state index in [9.17, 15) is 14.0 Å². The number of fused-ring (bicyclic) bond motifs is 2. The molecule has 2 aromatic heterocycles. The number of likely N-dealkylation sites (tertiary alicyclic amines) is 1. The van der Waals surface area contributed by atoms with Gasteiger partial charge in [0.2, 0.25) is 0 Å². The number of hydrogen-bond acceptors (Lipinski definition) is 4. The molecule has 0 saturated carbocycles. The molecule has 0 aliphatic carbocycles. The van der Waals surface area contributed by atoms with E-state index in [1.807, 2.05) is 6.07 Å². The van der Waals surface area contributed by atoms with Crippen molar-refractivity contribution in [3.05, 3.63) is 69.0 Å². The lowest BCUT2D eigenvalue weighted by Gasteiger charge is -2.31. The highest BCUT2D eigenvalue weighted by Gasteiger charge is 2.28. The third kappa shape index (κ3) is 3.62. The molecule has 1 saturated heterocycles. The number of H-pyrrole nitrogens is 1. The summed E-state index contributed by atoms with van der Waals surface area (Å²) in [4.78, 5) is 34.6. The zero-order chi connectivity index (χ0) is 22.4. The van der Waals surface area contributed by atoms with Crippen LogP contribution in [0.1, 0.15) is 59.9 Å². The number of piperidine rings is 1. The molecule has 3 aromatic rings. The number of benzene rings is 1. The maximum atomic E-state index is 14.0. The Labute approximate surface area is 185 Å². The summed E-state index contributed by atoms with van der Waals surface area (Å²) < 4.78 is 15.6. The fraction of sp³-hybridized carbons (Fsp3) is 0.458. The second-order valence-electron chi connectivity index (χ2n) is 9.11. The van der Waals surface area contributed by atoms with E-state index >= 15 is 0 Å². The quantitative estimate of drug-likeness (QED) is 0.684. The number of rotatable bonds is 3. The zero-order valence-electron chi connectivity index (χ0n) is 18.5. The summed E-state index contributed by atoms with van der Waals surface area (Å²) in [5, 5.41) is 3.27. The van der Waals surface area contributed by atoms with Gasteiger partial charge in [0.1, 0.15) is 5.82 Å². The van der Waals surface area contributed by atoms with Gasteiger partial charge in [-0.05, 0) is 38.8 Å². The van der Waals surface area contributed by atoms with Gasteiger partial charge in [-0.1, -0.05) is 12.1 Å². The number of halogens is 1. The maximum absolute atomic E-state index is 14.0. The number of hydrogen-bond donors (Lipinski definition) is 1. The SMILES string of the molecule is CC(C)N1CCc2nc3cc(C4CCN(C(=O)c5ccccc5F)CC4)[nH]n3c(=O)c2C1. The molecule has 2 aliphatic heterocycles. The standard InChI is InChI=1S/C24H28FN5O2/c1-15(2)29-12-9-20-18(14-29)24(32)30-22(26-20)13-21(27-30)16-7-10-28(11-8-16)23(31)17-5-3-4-6-19(17)25/h3-6,13,15-16,27H,7-12,14H2,1-2H3. The minimum absolute atomic E-state index is 0.0197. The van der Waals surface area contributed by atoms with Gasteiger partial charge in [0, 0.05) is 56.3 Å². The summed E-state index contributed by atoms with van der Waals surface area (Å²) in [6.07, 6.45) is 2.29. The number of nitrogens with zero attached hydrogens (tertiary/aromatic N) is 4. The van der Waals surface area contributed by atoms with Crippen molar-refractivity contribution in [2.45, 2.75) is 51.6 Å². The fourth-order valence-corrected chi connectivity index (χ4v) is 4.87. The third-order valence-corrected chi connectivity index (χ3v) is 6.87. The Hall–Kier alpha value is -3.00. The summed E-state index contributed by atoms with van der Waals surface area (Å²) in [6.45, 7) is 6.94. The van der Waals surface area contributed by atoms with Gasteiger partial charge in [0.25, 0.3) is 11.5 Å². The molecule has 7 nitrogen and oxygen atoms in total. The molecule has 1 N–H and O–H groups in total. The van der Waals surface area contributed by atoms with Gasteiger partial charge in [-0.3, -0.25) is 19.6 Å². The van der Waals surface area contributed by atoms with E-state index in [0.29, 0.717) is 31.3 Å². The Morgan fingerprint density at radius 3 is 2.66 bits per heavy atom. The van der Waals surface area contributed by atoms with Crippen molar-refractivity contribution in [2.75, 3.05) is 19.6 Å². The first kappa shape index (κ1) is 20.9. The summed E-state index contributed by atoms with van der Waals surface area (Å²) in [5.74, 6) is -0.552. The smallest absolute Gasteiger partial charge is 0.277 e. The monoisotopic (exact) mass is 437 g/mol. The Balaban J connectivity index is 1.34. The van der Waals surface area contributed by atoms with Gasteiger partial charge >= 0.3 is 0 Å². The van der Waals surface area contributed by atoms with Crippen LogP contribution in [0.2, 0.25) is 0 Å². The van der Waals surface area contributed by atoms with E-state index < -0.39 is 5.82 Å². The summed E-state index contributed by atoms with van der Waals surface area (Å²) in [5.41, 5.74) is 3.41. The summed E-state index contributed by atoms with van der Waals surface area (Å²) >= 11 is 0. The Kier molecular flexibility index (Phi) is 5.33. The van der Waals surface area contributed by atoms with Gasteiger partial charge in [0.15, 0.2) is 5.65 Å². The number of aromatic amines is 1. The first-order valence-electron chi connectivity index (χ1n) is 11.3. The zero-order valence-corrected chi connectivity index (χ0v) is 18.5. The van der Waals surface area contributed by atoms with Gasteiger partial charge in [0.05, 0.1) is 16.8 Å². The Morgan fingerprint density at radius 1 is 1.19 bits per heavy atom. The average Bonchev–Trinajstić information content (AvgIpc) is 3.23. The fourth-order valence-electron chi connectivity index (χ4n) is 4.87. The molecule has 0 atom stereocenters. The second kappa shape index (κ2) is 8.16. The van der Waals surface area contributed by atoms with Crippen LogP contribution in [0.25, 0.3) is 5.65 Å². The van der Waals surface area contributed by atoms with Crippen molar-refractivity contribution in [3.8, 4) is 0 Å². The van der Waals surface area contributed by atoms with Crippen LogP contribution in [-0.4, -0.2) is 56.0 Å². The van der Waals surface area contributed by atoms with E-state index in [1.54, 1.807) is 21.5 Å². The predicted octanol–water partition coefficient (Wildman–Crippen LogP) is 2.95. The molecular weight excluding hydrogens is 409 g/mol. The van der Waals surface area contributed by atoms with Crippen LogP contribution in [0.5, 0.6) is 0 Å². The Morgan fingerprint density at radius 2 is 1.94 bits per heavy atom. The van der Waals surface area contributed by atoms with Gasteiger partial charge in [-0.25, -0.2) is 13.9 Å². The van der Waals surface area contributed by atoms with Crippen LogP contribution < -0.4 is 5.56 Å². The lowest BCUT2D eigenvalue weighted by Crippen LogP contribution is -2.40. The highest BCUT2D eigenvalue weighted by Crippen LogP contribution is 2.29. The molecule has 2 aliphatic rings. The van der Waals surface area contributed by atoms with E-state index in [4.69, 9.17) is 4.98 Å². The molecule has 1 amide bonds. The molecule has 0 spiro atoms. The number of aromatic nitrogens is 3. The largest absolute Gasteiger partial charge is 0.339 e. The van der Waals surface area contributed by atoms with Crippen molar-refractivity contribution in [1.82, 2.24) is 24.4 Å². The Bertz CT molecular complexity index is 1220. The molecule has 5 rings (SSSR count). The molecule has 8 heteroatoms. The van der Waals surface area contributed by atoms with E-state index in [-0.39, 0.29) is 22.9 Å². The normalized spacial score (nSPS) is 17.8. The number of carbonyl (C=O) groups excluding carboxylic acids is 1. The molecule has 32 heavy (non-hydrogen) atoms. The molecule has 1 aromatic carbocycles. The topological polar surface area (TPSA) is 73.7 Å². The van der Waals surface area contributed by atoms with E-state index in [0.717, 1.165) is 42.8 Å². The van der Waals surface area contributed by atoms with Crippen molar-refractivity contribution in [3.63, 3.8) is 0 Å². The predicted molar refractivity (Wildman–Crippen MR) is 119 cm³/mol. The highest BCUT2D eigenvalue weighted by atomic mass is 19.1. The molecule has 4 heterocycles. The number of carbonyl (C=O) groups is 1. The van der Waals surface area contributed by atoms with E-state index in [2.05, 4.69) is 23.8 Å². The van der Waals surface area contributed by atoms with Gasteiger partial charge < -0.3 is 4.90 Å². The van der Waals surface area contributed by atoms with Crippen LogP contribution in [0.15, 0.2) is 35.1 Å². The molecule has 0 unspecified atom stereocenters. The molecule has 168 valence electrons. The van der Waals surface area contributed by atoms with Crippen molar-refractivity contribution < 1.29 is 9.18 Å². The van der Waals surface area contributed by atoms with Gasteiger partial charge in [-0.15, -0.1) is 0 Å². The minimum atomic E-state index is -0.485. The maximum Gasteiger partial charge on any atom is 0.277 e. The molecular formula is C24H28FN5O2. The van der Waals surface area contributed by atoms with Crippen molar-refractivity contribution in [2.24, 2.45) is 0 Å². The molecule has 1 fully saturated rings. The van der Waals surface area contributed by atoms with E-state index in [1.165, 1.54) is 12.1 Å². The molecule has 0 radical (unpaired) electrons. The second-order valence-corrected chi connectivity index (χ2v) is 9.11. The van der Waals surface area contributed by atoms with Crippen LogP contribution >= 0.6 is 0 Å². The van der Waals surface area contributed by atoms with Crippen LogP contribution in [-0.2, 0) is 13.0 Å². The van der Waals surface area contributed by atoms with Crippen molar-refractivity contribution >= 4 is 11.6 Å². The lowest BCUT2D eigenvalue weighted by molar-refractivity contribution is 0.0707. The lowest BCUT2D eigenvalue weighted by atomic mass is 9.93. The highest BCUT2D eigenvalue weighted by molar-refractivity contribution is 5.94.